The van der Waals surface area contributed by atoms with Crippen LogP contribution in [0.15, 0.2) is 218 Å². The van der Waals surface area contributed by atoms with Gasteiger partial charge >= 0.3 is 37.9 Å². The zero-order valence-corrected chi connectivity index (χ0v) is 54.9. The Morgan fingerprint density at radius 3 is 0.860 bits per heavy atom. The molecule has 0 aromatic heterocycles. The van der Waals surface area contributed by atoms with Crippen LogP contribution in [0.2, 0.25) is 13.1 Å². The molecule has 8 aliphatic carbocycles. The fourth-order valence-corrected chi connectivity index (χ4v) is 19.6. The first-order valence-corrected chi connectivity index (χ1v) is 40.5. The van der Waals surface area contributed by atoms with Crippen LogP contribution in [0.25, 0.3) is 109 Å². The molecule has 12 aromatic carbocycles. The van der Waals surface area contributed by atoms with E-state index in [2.05, 4.69) is 231 Å². The van der Waals surface area contributed by atoms with Crippen LogP contribution in [-0.2, 0) is 33.7 Å². The minimum Gasteiger partial charge on any atom is -0.164 e. The molecular formula is C82H76Cl2SiZr. The second kappa shape index (κ2) is 23.9. The first-order chi connectivity index (χ1) is 42.3. The fraction of sp³-hybridized carbons (Fsp3) is 0.293. The zero-order valence-electron chi connectivity index (χ0n) is 49.9. The van der Waals surface area contributed by atoms with Gasteiger partial charge in [0.2, 0.25) is 0 Å². The average Bonchev–Trinajstić information content (AvgIpc) is 1.67. The maximum Gasteiger partial charge on any atom is -0.0114 e. The van der Waals surface area contributed by atoms with Gasteiger partial charge in [-0.25, -0.2) is 0 Å². The average molecular weight is 1250 g/mol. The molecule has 8 bridgehead atoms. The van der Waals surface area contributed by atoms with Crippen molar-refractivity contribution in [3.8, 4) is 44.5 Å². The van der Waals surface area contributed by atoms with Gasteiger partial charge in [-0.3, -0.25) is 0 Å². The van der Waals surface area contributed by atoms with Crippen LogP contribution in [0.3, 0.4) is 0 Å². The molecule has 0 N–H and O–H groups in total. The Bertz CT molecular complexity index is 3850. The number of fused-ring (bicyclic) bond motifs is 6. The maximum absolute atomic E-state index is 4.93. The molecule has 0 unspecified atom stereocenters. The Kier molecular flexibility index (Phi) is 15.8. The quantitative estimate of drug-likeness (QED) is 0.105. The topological polar surface area (TPSA) is 0 Å². The zero-order chi connectivity index (χ0) is 57.9. The summed E-state index contributed by atoms with van der Waals surface area (Å²) in [5.41, 5.74) is 15.1. The molecular weight excluding hydrogens is 1180 g/mol. The van der Waals surface area contributed by atoms with Gasteiger partial charge in [-0.05, 0) is 190 Å². The second-order valence-corrected chi connectivity index (χ2v) is 32.3. The first-order valence-electron chi connectivity index (χ1n) is 32.2. The van der Waals surface area contributed by atoms with Gasteiger partial charge in [0.15, 0.2) is 0 Å². The monoisotopic (exact) mass is 1250 g/mol. The third kappa shape index (κ3) is 10.7. The molecule has 12 aromatic rings. The Morgan fingerprint density at radius 1 is 0.337 bits per heavy atom. The van der Waals surface area contributed by atoms with Crippen molar-refractivity contribution in [2.75, 3.05) is 0 Å². The van der Waals surface area contributed by atoms with Gasteiger partial charge in [0.25, 0.3) is 0 Å². The molecule has 0 spiro atoms. The van der Waals surface area contributed by atoms with Crippen molar-refractivity contribution >= 4 is 91.2 Å². The van der Waals surface area contributed by atoms with Crippen LogP contribution < -0.4 is 0 Å². The van der Waals surface area contributed by atoms with E-state index in [-0.39, 0.29) is 0 Å². The van der Waals surface area contributed by atoms with Crippen LogP contribution in [0.1, 0.15) is 88.2 Å². The third-order valence-corrected chi connectivity index (χ3v) is 21.7. The Labute approximate surface area is 531 Å². The first kappa shape index (κ1) is 56.6. The molecule has 0 atom stereocenters. The molecule has 86 heavy (non-hydrogen) atoms. The summed E-state index contributed by atoms with van der Waals surface area (Å²) in [6.45, 7) is 4.31. The summed E-state index contributed by atoms with van der Waals surface area (Å²) in [4.78, 5) is 0. The van der Waals surface area contributed by atoms with Crippen LogP contribution >= 0.6 is 17.0 Å². The van der Waals surface area contributed by atoms with Gasteiger partial charge in [-0.2, -0.15) is 12.1 Å². The summed E-state index contributed by atoms with van der Waals surface area (Å²) >= 11 is -0.826. The molecule has 8 fully saturated rings. The van der Waals surface area contributed by atoms with Crippen molar-refractivity contribution in [3.05, 3.63) is 230 Å². The second-order valence-electron chi connectivity index (χ2n) is 27.6. The van der Waals surface area contributed by atoms with E-state index in [0.29, 0.717) is 10.8 Å². The number of hydrogen-bond acceptors (Lipinski definition) is 0. The molecule has 0 aliphatic heterocycles. The van der Waals surface area contributed by atoms with Crippen molar-refractivity contribution in [3.63, 3.8) is 0 Å². The number of hydrogen-bond donors (Lipinski definition) is 0. The van der Waals surface area contributed by atoms with Gasteiger partial charge in [0.05, 0.1) is 0 Å². The van der Waals surface area contributed by atoms with E-state index in [0.717, 1.165) is 45.0 Å². The van der Waals surface area contributed by atoms with E-state index in [1.165, 1.54) is 199 Å². The van der Waals surface area contributed by atoms with Crippen LogP contribution in [0.5, 0.6) is 0 Å². The summed E-state index contributed by atoms with van der Waals surface area (Å²) < 4.78 is 0. The Morgan fingerprint density at radius 2 is 0.570 bits per heavy atom. The number of halogens is 2. The number of benzene rings is 10. The minimum atomic E-state index is -0.826. The van der Waals surface area contributed by atoms with E-state index < -0.39 is 20.8 Å². The molecule has 2 radical (unpaired) electrons. The van der Waals surface area contributed by atoms with Crippen molar-refractivity contribution in [2.45, 2.75) is 103 Å². The predicted molar refractivity (Wildman–Crippen MR) is 369 cm³/mol. The van der Waals surface area contributed by atoms with Crippen molar-refractivity contribution in [2.24, 2.45) is 46.3 Å². The molecule has 426 valence electrons. The Hall–Kier alpha value is -5.86. The molecule has 4 heteroatoms. The smallest absolute Gasteiger partial charge is 0.0114 e. The van der Waals surface area contributed by atoms with Gasteiger partial charge in [-0.15, -0.1) is 44.8 Å². The van der Waals surface area contributed by atoms with Crippen molar-refractivity contribution < 1.29 is 20.8 Å². The normalized spacial score (nSPS) is 23.9. The molecule has 0 nitrogen and oxygen atoms in total. The Balaban J connectivity index is 0.000000133. The third-order valence-electron chi connectivity index (χ3n) is 21.7. The molecule has 20 rings (SSSR count). The van der Waals surface area contributed by atoms with E-state index >= 15 is 0 Å². The minimum absolute atomic E-state index is 0.540. The van der Waals surface area contributed by atoms with E-state index in [1.807, 2.05) is 0 Å². The van der Waals surface area contributed by atoms with E-state index in [9.17, 15) is 0 Å². The molecule has 8 aliphatic rings. The number of rotatable bonds is 8. The maximum atomic E-state index is 4.93. The summed E-state index contributed by atoms with van der Waals surface area (Å²) in [6.07, 6.45) is 20.4. The SMILES string of the molecule is C[Si]C.[Cl][Zr+2][Cl].c1ccc2c(-c3ccc(-c4cccc5ccccc45)c4[cH-]c(CC56CC7CC(CC(C7)C5)C6)cc34)cccc2c1.c1ccc2c(-c3ccc(-c4cccc5ccccc45)c4[cH-]c(CC56CC7CC(CC(C7)C5)C6)cc34)cccc2c1. The van der Waals surface area contributed by atoms with Gasteiger partial charge in [0, 0.05) is 9.52 Å². The summed E-state index contributed by atoms with van der Waals surface area (Å²) in [6, 6.07) is 82.5. The fourth-order valence-electron chi connectivity index (χ4n) is 19.6. The van der Waals surface area contributed by atoms with Crippen LogP contribution in [0, 0.1) is 46.3 Å². The molecule has 0 amide bonds. The molecule has 0 saturated heterocycles. The van der Waals surface area contributed by atoms with Gasteiger partial charge in [-0.1, -0.05) is 241 Å². The van der Waals surface area contributed by atoms with E-state index in [1.54, 1.807) is 11.1 Å². The standard InChI is InChI=1S/2C40H35.C2H6Si.2ClH.Zr/c2*1-3-11-32-30(7-1)9-5-13-34(32)36-15-16-37(35-14-6-10-31-8-2-4-12-33(31)35)39-21-29(20-38(36)39)25-40-22-26-17-27(23-40)19-28(18-26)24-40;1-3-2;;;/h2*1-16,20-21,26-28H,17-19,22-25H2;1-2H3;2*1H;/q2*-1;;;;+4/p-2. The van der Waals surface area contributed by atoms with Crippen LogP contribution in [-0.4, -0.2) is 9.52 Å². The van der Waals surface area contributed by atoms with Gasteiger partial charge in [0.1, 0.15) is 0 Å². The predicted octanol–water partition coefficient (Wildman–Crippen LogP) is 24.1. The van der Waals surface area contributed by atoms with E-state index in [4.69, 9.17) is 17.0 Å². The van der Waals surface area contributed by atoms with Crippen molar-refractivity contribution in [1.29, 1.82) is 0 Å². The summed E-state index contributed by atoms with van der Waals surface area (Å²) in [5.74, 6) is 5.96. The van der Waals surface area contributed by atoms with Crippen molar-refractivity contribution in [1.82, 2.24) is 0 Å². The molecule has 0 heterocycles. The summed E-state index contributed by atoms with van der Waals surface area (Å²) in [7, 11) is 11.0. The summed E-state index contributed by atoms with van der Waals surface area (Å²) in [5, 5.41) is 16.3. The molecule has 8 saturated carbocycles. The van der Waals surface area contributed by atoms with Gasteiger partial charge < -0.3 is 0 Å². The van der Waals surface area contributed by atoms with Crippen LogP contribution in [0.4, 0.5) is 0 Å². The largest absolute Gasteiger partial charge is 0.164 e.